The van der Waals surface area contributed by atoms with Crippen molar-refractivity contribution in [3.63, 3.8) is 0 Å². The van der Waals surface area contributed by atoms with Crippen LogP contribution in [0.1, 0.15) is 12.8 Å². The van der Waals surface area contributed by atoms with Crippen molar-refractivity contribution in [2.45, 2.75) is 18.5 Å². The summed E-state index contributed by atoms with van der Waals surface area (Å²) < 4.78 is 39.4. The molecule has 0 unspecified atom stereocenters. The number of piperidine rings is 1. The molecule has 0 saturated carbocycles. The SMILES string of the molecule is Fc1cnc(Nc2ccc(N3CCOCC3)cc2)nc1OCC1(F)CCNCC1. The third-order valence-electron chi connectivity index (χ3n) is 5.18. The Morgan fingerprint density at radius 2 is 1.90 bits per heavy atom. The molecule has 0 amide bonds. The largest absolute Gasteiger partial charge is 0.472 e. The van der Waals surface area contributed by atoms with Gasteiger partial charge in [-0.05, 0) is 50.2 Å². The molecular weight excluding hydrogens is 380 g/mol. The van der Waals surface area contributed by atoms with Crippen LogP contribution in [0, 0.1) is 5.82 Å². The normalized spacial score (nSPS) is 19.0. The highest BCUT2D eigenvalue weighted by molar-refractivity contribution is 5.59. The lowest BCUT2D eigenvalue weighted by Crippen LogP contribution is -2.42. The Balaban J connectivity index is 1.39. The number of alkyl halides is 1. The maximum Gasteiger partial charge on any atom is 0.255 e. The molecule has 0 aliphatic carbocycles. The third kappa shape index (κ3) is 5.10. The van der Waals surface area contributed by atoms with Crippen LogP contribution in [-0.2, 0) is 4.74 Å². The number of rotatable bonds is 6. The Morgan fingerprint density at radius 1 is 1.17 bits per heavy atom. The standard InChI is InChI=1S/C20H25F2N5O2/c21-17-13-24-19(26-18(17)29-14-20(22)5-7-23-8-6-20)25-15-1-3-16(4-2-15)27-9-11-28-12-10-27/h1-4,13,23H,5-12,14H2,(H,24,25,26). The second-order valence-corrected chi connectivity index (χ2v) is 7.31. The van der Waals surface area contributed by atoms with Gasteiger partial charge in [-0.3, -0.25) is 0 Å². The molecule has 1 aromatic heterocycles. The Morgan fingerprint density at radius 3 is 2.62 bits per heavy atom. The lowest BCUT2D eigenvalue weighted by atomic mass is 9.96. The van der Waals surface area contributed by atoms with Crippen LogP contribution in [0.15, 0.2) is 30.5 Å². The van der Waals surface area contributed by atoms with Gasteiger partial charge in [-0.1, -0.05) is 0 Å². The smallest absolute Gasteiger partial charge is 0.255 e. The first-order valence-corrected chi connectivity index (χ1v) is 9.86. The average molecular weight is 405 g/mol. The van der Waals surface area contributed by atoms with Gasteiger partial charge in [0, 0.05) is 24.5 Å². The summed E-state index contributed by atoms with van der Waals surface area (Å²) in [7, 11) is 0. The predicted octanol–water partition coefficient (Wildman–Crippen LogP) is 2.67. The van der Waals surface area contributed by atoms with E-state index in [1.165, 1.54) is 0 Å². The van der Waals surface area contributed by atoms with Crippen molar-refractivity contribution in [2.24, 2.45) is 0 Å². The number of anilines is 3. The lowest BCUT2D eigenvalue weighted by molar-refractivity contribution is 0.0500. The van der Waals surface area contributed by atoms with E-state index < -0.39 is 11.5 Å². The first-order valence-electron chi connectivity index (χ1n) is 9.86. The number of ether oxygens (including phenoxy) is 2. The maximum absolute atomic E-state index is 14.7. The van der Waals surface area contributed by atoms with Gasteiger partial charge < -0.3 is 25.0 Å². The predicted molar refractivity (Wildman–Crippen MR) is 106 cm³/mol. The molecule has 7 nitrogen and oxygen atoms in total. The number of hydrogen-bond acceptors (Lipinski definition) is 7. The van der Waals surface area contributed by atoms with Crippen LogP contribution in [0.4, 0.5) is 26.1 Å². The van der Waals surface area contributed by atoms with Crippen LogP contribution in [0.3, 0.4) is 0 Å². The van der Waals surface area contributed by atoms with Gasteiger partial charge in [0.05, 0.1) is 19.4 Å². The van der Waals surface area contributed by atoms with Crippen molar-refractivity contribution < 1.29 is 18.3 Å². The van der Waals surface area contributed by atoms with Crippen molar-refractivity contribution in [1.82, 2.24) is 15.3 Å². The van der Waals surface area contributed by atoms with E-state index >= 15 is 0 Å². The van der Waals surface area contributed by atoms with Gasteiger partial charge in [0.25, 0.3) is 5.88 Å². The summed E-state index contributed by atoms with van der Waals surface area (Å²) in [4.78, 5) is 10.3. The van der Waals surface area contributed by atoms with Gasteiger partial charge in [-0.25, -0.2) is 9.37 Å². The molecule has 3 heterocycles. The van der Waals surface area contributed by atoms with E-state index in [1.54, 1.807) is 0 Å². The summed E-state index contributed by atoms with van der Waals surface area (Å²) in [6, 6.07) is 7.81. The van der Waals surface area contributed by atoms with Gasteiger partial charge >= 0.3 is 0 Å². The minimum Gasteiger partial charge on any atom is -0.472 e. The average Bonchev–Trinajstić information content (AvgIpc) is 2.76. The van der Waals surface area contributed by atoms with Crippen LogP contribution in [0.2, 0.25) is 0 Å². The summed E-state index contributed by atoms with van der Waals surface area (Å²) in [5, 5.41) is 6.13. The van der Waals surface area contributed by atoms with Crippen molar-refractivity contribution >= 4 is 17.3 Å². The minimum atomic E-state index is -1.47. The van der Waals surface area contributed by atoms with E-state index in [1.807, 2.05) is 24.3 Å². The number of nitrogens with one attached hydrogen (secondary N) is 2. The second kappa shape index (κ2) is 8.87. The Hall–Kier alpha value is -2.52. The Kier molecular flexibility index (Phi) is 6.05. The van der Waals surface area contributed by atoms with E-state index in [2.05, 4.69) is 25.5 Å². The molecule has 2 aliphatic heterocycles. The molecule has 2 saturated heterocycles. The molecule has 29 heavy (non-hydrogen) atoms. The molecule has 0 bridgehead atoms. The molecule has 0 radical (unpaired) electrons. The zero-order valence-electron chi connectivity index (χ0n) is 16.2. The molecule has 2 aromatic rings. The van der Waals surface area contributed by atoms with Crippen LogP contribution in [0.5, 0.6) is 5.88 Å². The van der Waals surface area contributed by atoms with Gasteiger partial charge in [0.1, 0.15) is 12.3 Å². The fourth-order valence-electron chi connectivity index (χ4n) is 3.44. The molecular formula is C20H25F2N5O2. The summed E-state index contributed by atoms with van der Waals surface area (Å²) in [5.74, 6) is -0.766. The van der Waals surface area contributed by atoms with Gasteiger partial charge in [-0.15, -0.1) is 0 Å². The topological polar surface area (TPSA) is 71.5 Å². The molecule has 2 N–H and O–H groups in total. The van der Waals surface area contributed by atoms with Crippen LogP contribution < -0.4 is 20.3 Å². The number of nitrogens with zero attached hydrogens (tertiary/aromatic N) is 3. The highest BCUT2D eigenvalue weighted by Crippen LogP contribution is 2.26. The van der Waals surface area contributed by atoms with Gasteiger partial charge in [-0.2, -0.15) is 9.37 Å². The van der Waals surface area contributed by atoms with Crippen LogP contribution in [-0.4, -0.2) is 61.6 Å². The van der Waals surface area contributed by atoms with Crippen molar-refractivity contribution in [3.05, 3.63) is 36.3 Å². The van der Waals surface area contributed by atoms with Crippen LogP contribution in [0.25, 0.3) is 0 Å². The molecule has 156 valence electrons. The lowest BCUT2D eigenvalue weighted by Gasteiger charge is -2.29. The summed E-state index contributed by atoms with van der Waals surface area (Å²) in [6.45, 7) is 4.11. The molecule has 2 fully saturated rings. The highest BCUT2D eigenvalue weighted by atomic mass is 19.1. The Bertz CT molecular complexity index is 809. The number of halogens is 2. The second-order valence-electron chi connectivity index (χ2n) is 7.31. The van der Waals surface area contributed by atoms with Gasteiger partial charge in [0.2, 0.25) is 11.8 Å². The molecule has 0 spiro atoms. The quantitative estimate of drug-likeness (QED) is 0.766. The molecule has 1 aromatic carbocycles. The van der Waals surface area contributed by atoms with E-state index in [-0.39, 0.29) is 18.4 Å². The number of morpholine rings is 1. The zero-order valence-corrected chi connectivity index (χ0v) is 16.2. The third-order valence-corrected chi connectivity index (χ3v) is 5.18. The molecule has 9 heteroatoms. The van der Waals surface area contributed by atoms with Crippen molar-refractivity contribution in [3.8, 4) is 5.88 Å². The molecule has 0 atom stereocenters. The minimum absolute atomic E-state index is 0.193. The fraction of sp³-hybridized carbons (Fsp3) is 0.500. The maximum atomic E-state index is 14.7. The first-order chi connectivity index (χ1) is 14.1. The first kappa shape index (κ1) is 19.8. The summed E-state index contributed by atoms with van der Waals surface area (Å²) >= 11 is 0. The van der Waals surface area contributed by atoms with E-state index in [0.717, 1.165) is 43.9 Å². The number of benzene rings is 1. The zero-order chi connectivity index (χ0) is 20.1. The van der Waals surface area contributed by atoms with E-state index in [0.29, 0.717) is 25.9 Å². The van der Waals surface area contributed by atoms with E-state index in [4.69, 9.17) is 9.47 Å². The molecule has 2 aliphatic rings. The van der Waals surface area contributed by atoms with Crippen LogP contribution >= 0.6 is 0 Å². The van der Waals surface area contributed by atoms with Crippen molar-refractivity contribution in [1.29, 1.82) is 0 Å². The van der Waals surface area contributed by atoms with Gasteiger partial charge in [0.15, 0.2) is 0 Å². The fourth-order valence-corrected chi connectivity index (χ4v) is 3.44. The van der Waals surface area contributed by atoms with E-state index in [9.17, 15) is 8.78 Å². The van der Waals surface area contributed by atoms with Crippen molar-refractivity contribution in [2.75, 3.05) is 56.2 Å². The monoisotopic (exact) mass is 405 g/mol. The number of aromatic nitrogens is 2. The number of hydrogen-bond donors (Lipinski definition) is 2. The highest BCUT2D eigenvalue weighted by Gasteiger charge is 2.33. The summed E-state index contributed by atoms with van der Waals surface area (Å²) in [5.41, 5.74) is 0.406. The molecule has 4 rings (SSSR count). The summed E-state index contributed by atoms with van der Waals surface area (Å²) in [6.07, 6.45) is 1.70. The Labute approximate surface area is 168 Å².